The summed E-state index contributed by atoms with van der Waals surface area (Å²) in [5.41, 5.74) is 5.56. The molecule has 0 saturated carbocycles. The van der Waals surface area contributed by atoms with E-state index in [9.17, 15) is 0 Å². The summed E-state index contributed by atoms with van der Waals surface area (Å²) in [7, 11) is -2.69. The highest BCUT2D eigenvalue weighted by molar-refractivity contribution is 7.41. The van der Waals surface area contributed by atoms with Crippen LogP contribution in [0.2, 0.25) is 0 Å². The Morgan fingerprint density at radius 3 is 1.86 bits per heavy atom. The van der Waals surface area contributed by atoms with Crippen LogP contribution in [0.1, 0.15) is 120 Å². The van der Waals surface area contributed by atoms with Gasteiger partial charge in [0.05, 0.1) is 0 Å². The SMILES string of the molecule is C=C1/C(=C(\C=C(/C)C(C)(C)C)C(C)(C)C)OP(F)Oc2c(cc(C(C)(C)C)cc2C(C)(C)C)C1C. The normalized spacial score (nSPS) is 22.0. The molecule has 2 unspecified atom stereocenters. The second-order valence-electron chi connectivity index (χ2n) is 14.2. The van der Waals surface area contributed by atoms with Gasteiger partial charge in [0.25, 0.3) is 0 Å². The van der Waals surface area contributed by atoms with Crippen LogP contribution in [0, 0.1) is 10.8 Å². The van der Waals surface area contributed by atoms with Crippen LogP contribution in [0.4, 0.5) is 4.20 Å². The van der Waals surface area contributed by atoms with Gasteiger partial charge in [0.2, 0.25) is 0 Å². The van der Waals surface area contributed by atoms with Crippen molar-refractivity contribution < 1.29 is 13.2 Å². The molecule has 0 saturated heterocycles. The van der Waals surface area contributed by atoms with Crippen molar-refractivity contribution in [1.29, 1.82) is 0 Å². The molecule has 0 amide bonds. The van der Waals surface area contributed by atoms with Gasteiger partial charge >= 0.3 is 8.69 Å². The highest BCUT2D eigenvalue weighted by Crippen LogP contribution is 2.55. The summed E-state index contributed by atoms with van der Waals surface area (Å²) in [4.78, 5) is 0. The fourth-order valence-corrected chi connectivity index (χ4v) is 4.69. The van der Waals surface area contributed by atoms with Crippen LogP contribution in [-0.4, -0.2) is 0 Å². The molecule has 0 radical (unpaired) electrons. The fourth-order valence-electron chi connectivity index (χ4n) is 3.95. The first kappa shape index (κ1) is 29.6. The predicted molar refractivity (Wildman–Crippen MR) is 151 cm³/mol. The molecule has 4 heteroatoms. The molecular weight excluding hydrogens is 454 g/mol. The summed E-state index contributed by atoms with van der Waals surface area (Å²) in [6, 6.07) is 4.35. The van der Waals surface area contributed by atoms with Crippen molar-refractivity contribution in [2.24, 2.45) is 10.8 Å². The Kier molecular flexibility index (Phi) is 8.21. The lowest BCUT2D eigenvalue weighted by molar-refractivity contribution is 0.341. The topological polar surface area (TPSA) is 18.5 Å². The van der Waals surface area contributed by atoms with Crippen molar-refractivity contribution in [3.8, 4) is 5.75 Å². The number of benzene rings is 1. The predicted octanol–water partition coefficient (Wildman–Crippen LogP) is 10.8. The van der Waals surface area contributed by atoms with Gasteiger partial charge in [0, 0.05) is 22.6 Å². The summed E-state index contributed by atoms with van der Waals surface area (Å²) < 4.78 is 27.6. The Balaban J connectivity index is 2.90. The van der Waals surface area contributed by atoms with Crippen molar-refractivity contribution in [3.05, 3.63) is 64.0 Å². The fraction of sp³-hybridized carbons (Fsp3) is 0.613. The third kappa shape index (κ3) is 6.79. The van der Waals surface area contributed by atoms with Crippen LogP contribution in [0.3, 0.4) is 0 Å². The van der Waals surface area contributed by atoms with Crippen LogP contribution in [0.25, 0.3) is 0 Å². The van der Waals surface area contributed by atoms with E-state index in [0.717, 1.165) is 22.3 Å². The number of rotatable bonds is 1. The number of hydrogen-bond acceptors (Lipinski definition) is 2. The molecule has 35 heavy (non-hydrogen) atoms. The molecule has 0 aromatic heterocycles. The van der Waals surface area contributed by atoms with Gasteiger partial charge in [-0.1, -0.05) is 120 Å². The van der Waals surface area contributed by atoms with E-state index in [1.54, 1.807) is 0 Å². The van der Waals surface area contributed by atoms with Crippen LogP contribution >= 0.6 is 8.69 Å². The summed E-state index contributed by atoms with van der Waals surface area (Å²) >= 11 is 0. The smallest absolute Gasteiger partial charge is 0.414 e. The summed E-state index contributed by atoms with van der Waals surface area (Å²) in [6.07, 6.45) is 2.16. The molecule has 1 heterocycles. The van der Waals surface area contributed by atoms with E-state index in [1.807, 2.05) is 0 Å². The lowest BCUT2D eigenvalue weighted by Gasteiger charge is -2.35. The summed E-state index contributed by atoms with van der Waals surface area (Å²) in [6.45, 7) is 34.7. The second-order valence-corrected chi connectivity index (χ2v) is 14.9. The highest BCUT2D eigenvalue weighted by atomic mass is 31.2. The molecule has 0 N–H and O–H groups in total. The monoisotopic (exact) mass is 502 g/mol. The van der Waals surface area contributed by atoms with E-state index in [0.29, 0.717) is 11.5 Å². The molecule has 1 aliphatic rings. The zero-order valence-corrected chi connectivity index (χ0v) is 25.6. The number of allylic oxidation sites excluding steroid dienone is 4. The Morgan fingerprint density at radius 2 is 1.43 bits per heavy atom. The molecule has 0 bridgehead atoms. The van der Waals surface area contributed by atoms with E-state index < -0.39 is 8.69 Å². The summed E-state index contributed by atoms with van der Waals surface area (Å²) in [5.74, 6) is 1.02. The van der Waals surface area contributed by atoms with Crippen molar-refractivity contribution in [2.45, 2.75) is 114 Å². The molecule has 0 fully saturated rings. The van der Waals surface area contributed by atoms with Gasteiger partial charge in [-0.3, -0.25) is 0 Å². The standard InChI is InChI=1S/C31H48FO2P/c1-19(28(4,5)6)16-24(30(10,11)12)26-21(3)20(2)23-17-22(29(7,8)9)18-25(31(13,14)15)27(23)34-35(32)33-26/h16-18,20H,3H2,1-2,4-15H3/b19-16+,26-24-. The quantitative estimate of drug-likeness (QED) is 0.356. The van der Waals surface area contributed by atoms with E-state index in [-0.39, 0.29) is 27.6 Å². The van der Waals surface area contributed by atoms with Crippen LogP contribution in [-0.2, 0) is 15.4 Å². The Labute approximate surface area is 216 Å². The van der Waals surface area contributed by atoms with Gasteiger partial charge in [-0.25, -0.2) is 0 Å². The average molecular weight is 503 g/mol. The first-order valence-electron chi connectivity index (χ1n) is 12.7. The summed E-state index contributed by atoms with van der Waals surface area (Å²) in [5, 5.41) is 0. The minimum Gasteiger partial charge on any atom is -0.414 e. The van der Waals surface area contributed by atoms with Gasteiger partial charge in [-0.05, 0) is 39.7 Å². The zero-order chi connectivity index (χ0) is 27.3. The molecule has 1 aromatic rings. The number of halogens is 1. The van der Waals surface area contributed by atoms with E-state index in [2.05, 4.69) is 122 Å². The van der Waals surface area contributed by atoms with Crippen LogP contribution in [0.5, 0.6) is 5.75 Å². The van der Waals surface area contributed by atoms with Gasteiger partial charge in [-0.2, -0.15) is 0 Å². The molecule has 0 spiro atoms. The lowest BCUT2D eigenvalue weighted by atomic mass is 9.75. The van der Waals surface area contributed by atoms with Crippen molar-refractivity contribution >= 4 is 8.69 Å². The molecular formula is C31H48FO2P. The van der Waals surface area contributed by atoms with Gasteiger partial charge in [-0.15, -0.1) is 4.20 Å². The Hall–Kier alpha value is -1.60. The molecule has 196 valence electrons. The van der Waals surface area contributed by atoms with Gasteiger partial charge in [0.1, 0.15) is 11.5 Å². The maximum Gasteiger partial charge on any atom is 0.505 e. The van der Waals surface area contributed by atoms with Gasteiger partial charge in [0.15, 0.2) is 0 Å². The molecule has 2 nitrogen and oxygen atoms in total. The molecule has 1 aliphatic heterocycles. The average Bonchev–Trinajstić information content (AvgIpc) is 2.65. The maximum absolute atomic E-state index is 15.6. The molecule has 2 atom stereocenters. The van der Waals surface area contributed by atoms with Crippen molar-refractivity contribution in [3.63, 3.8) is 0 Å². The number of hydrogen-bond donors (Lipinski definition) is 0. The van der Waals surface area contributed by atoms with E-state index >= 15 is 4.20 Å². The molecule has 2 rings (SSSR count). The second kappa shape index (κ2) is 9.70. The third-order valence-corrected chi connectivity index (χ3v) is 7.65. The van der Waals surface area contributed by atoms with Crippen molar-refractivity contribution in [1.82, 2.24) is 0 Å². The third-order valence-electron chi connectivity index (χ3n) is 7.00. The van der Waals surface area contributed by atoms with Crippen LogP contribution in [0.15, 0.2) is 47.3 Å². The zero-order valence-electron chi connectivity index (χ0n) is 24.7. The molecule has 1 aromatic carbocycles. The van der Waals surface area contributed by atoms with Crippen LogP contribution < -0.4 is 4.52 Å². The Morgan fingerprint density at radius 1 is 0.886 bits per heavy atom. The minimum atomic E-state index is -2.69. The first-order valence-corrected chi connectivity index (χ1v) is 13.8. The lowest BCUT2D eigenvalue weighted by Crippen LogP contribution is -2.21. The minimum absolute atomic E-state index is 0.0155. The largest absolute Gasteiger partial charge is 0.505 e. The van der Waals surface area contributed by atoms with E-state index in [4.69, 9.17) is 9.05 Å². The highest BCUT2D eigenvalue weighted by Gasteiger charge is 2.36. The maximum atomic E-state index is 15.6. The Bertz CT molecular complexity index is 1030. The van der Waals surface area contributed by atoms with Gasteiger partial charge < -0.3 is 9.05 Å². The number of fused-ring (bicyclic) bond motifs is 1. The first-order chi connectivity index (χ1) is 15.5. The van der Waals surface area contributed by atoms with E-state index in [1.165, 1.54) is 11.1 Å². The molecule has 0 aliphatic carbocycles. The van der Waals surface area contributed by atoms with Crippen molar-refractivity contribution in [2.75, 3.05) is 0 Å².